The van der Waals surface area contributed by atoms with Gasteiger partial charge in [-0.2, -0.15) is 4.98 Å². The highest BCUT2D eigenvalue weighted by atomic mass is 16.5. The van der Waals surface area contributed by atoms with Crippen LogP contribution in [0, 0.1) is 6.92 Å². The van der Waals surface area contributed by atoms with Crippen molar-refractivity contribution in [2.75, 3.05) is 68.1 Å². The highest BCUT2D eigenvalue weighted by Gasteiger charge is 2.12. The summed E-state index contributed by atoms with van der Waals surface area (Å²) in [6.07, 6.45) is 3.97. The van der Waals surface area contributed by atoms with E-state index in [1.54, 1.807) is 0 Å². The number of nitrogens with zero attached hydrogens (tertiary/aromatic N) is 4. The second kappa shape index (κ2) is 12.1. The minimum Gasteiger partial charge on any atom is -0.492 e. The molecule has 0 amide bonds. The van der Waals surface area contributed by atoms with Crippen LogP contribution in [0.5, 0.6) is 5.75 Å². The Balaban J connectivity index is 1.15. The van der Waals surface area contributed by atoms with Crippen LogP contribution >= 0.6 is 0 Å². The van der Waals surface area contributed by atoms with Crippen LogP contribution in [0.25, 0.3) is 0 Å². The second-order valence-electron chi connectivity index (χ2n) is 9.39. The van der Waals surface area contributed by atoms with Crippen LogP contribution in [0.15, 0.2) is 54.6 Å². The van der Waals surface area contributed by atoms with Gasteiger partial charge in [0.05, 0.1) is 13.2 Å². The van der Waals surface area contributed by atoms with E-state index in [0.29, 0.717) is 5.95 Å². The Morgan fingerprint density at radius 1 is 0.833 bits per heavy atom. The number of likely N-dealkylation sites (tertiary alicyclic amines) is 1. The Morgan fingerprint density at radius 2 is 1.53 bits per heavy atom. The van der Waals surface area contributed by atoms with Gasteiger partial charge in [-0.15, -0.1) is 0 Å². The lowest BCUT2D eigenvalue weighted by atomic mass is 10.1. The van der Waals surface area contributed by atoms with Crippen molar-refractivity contribution in [2.45, 2.75) is 26.2 Å². The van der Waals surface area contributed by atoms with Gasteiger partial charge in [-0.3, -0.25) is 4.90 Å². The number of piperidine rings is 1. The van der Waals surface area contributed by atoms with Crippen molar-refractivity contribution in [3.05, 3.63) is 60.3 Å². The number of anilines is 5. The summed E-state index contributed by atoms with van der Waals surface area (Å²) in [7, 11) is 0. The van der Waals surface area contributed by atoms with Gasteiger partial charge in [0.15, 0.2) is 0 Å². The van der Waals surface area contributed by atoms with Gasteiger partial charge < -0.3 is 25.0 Å². The summed E-state index contributed by atoms with van der Waals surface area (Å²) < 4.78 is 11.4. The Bertz CT molecular complexity index is 1090. The van der Waals surface area contributed by atoms with Crippen LogP contribution < -0.4 is 20.3 Å². The topological polar surface area (TPSA) is 74.8 Å². The van der Waals surface area contributed by atoms with E-state index in [1.165, 1.54) is 38.0 Å². The molecule has 1 aromatic heterocycles. The third kappa shape index (κ3) is 6.86. The molecule has 8 heteroatoms. The Kier molecular flexibility index (Phi) is 8.15. The molecule has 2 N–H and O–H groups in total. The minimum absolute atomic E-state index is 0.564. The molecule has 0 radical (unpaired) electrons. The summed E-state index contributed by atoms with van der Waals surface area (Å²) in [6.45, 7) is 9.49. The number of nitrogens with one attached hydrogen (secondary N) is 2. The van der Waals surface area contributed by atoms with E-state index in [9.17, 15) is 0 Å². The molecular weight excluding hydrogens is 452 g/mol. The van der Waals surface area contributed by atoms with Crippen LogP contribution in [-0.2, 0) is 4.74 Å². The quantitative estimate of drug-likeness (QED) is 0.437. The normalized spacial score (nSPS) is 16.5. The fraction of sp³-hybridized carbons (Fsp3) is 0.429. The number of benzene rings is 2. The highest BCUT2D eigenvalue weighted by Crippen LogP contribution is 2.23. The van der Waals surface area contributed by atoms with Gasteiger partial charge in [-0.25, -0.2) is 4.98 Å². The van der Waals surface area contributed by atoms with Crippen LogP contribution in [0.1, 0.15) is 25.0 Å². The third-order valence-corrected chi connectivity index (χ3v) is 6.61. The number of ether oxygens (including phenoxy) is 2. The molecule has 190 valence electrons. The predicted octanol–water partition coefficient (Wildman–Crippen LogP) is 4.97. The molecule has 5 rings (SSSR count). The molecule has 2 saturated heterocycles. The molecule has 0 unspecified atom stereocenters. The Hall–Kier alpha value is -3.36. The van der Waals surface area contributed by atoms with Crippen molar-refractivity contribution in [2.24, 2.45) is 0 Å². The largest absolute Gasteiger partial charge is 0.492 e. The fourth-order valence-electron chi connectivity index (χ4n) is 4.65. The summed E-state index contributed by atoms with van der Waals surface area (Å²) in [5.74, 6) is 2.20. The average molecular weight is 489 g/mol. The lowest BCUT2D eigenvalue weighted by Gasteiger charge is -2.28. The zero-order valence-electron chi connectivity index (χ0n) is 21.1. The lowest BCUT2D eigenvalue weighted by molar-refractivity contribution is 0.122. The number of morpholine rings is 1. The van der Waals surface area contributed by atoms with Crippen LogP contribution in [0.2, 0.25) is 0 Å². The van der Waals surface area contributed by atoms with Crippen LogP contribution in [-0.4, -0.2) is 67.4 Å². The molecule has 8 nitrogen and oxygen atoms in total. The van der Waals surface area contributed by atoms with E-state index in [-0.39, 0.29) is 0 Å². The highest BCUT2D eigenvalue weighted by molar-refractivity contribution is 5.62. The maximum atomic E-state index is 5.95. The predicted molar refractivity (Wildman–Crippen MR) is 145 cm³/mol. The first kappa shape index (κ1) is 24.3. The molecule has 0 spiro atoms. The molecule has 36 heavy (non-hydrogen) atoms. The van der Waals surface area contributed by atoms with Crippen molar-refractivity contribution in [3.63, 3.8) is 0 Å². The number of hydrogen-bond donors (Lipinski definition) is 2. The van der Waals surface area contributed by atoms with Gasteiger partial charge in [0.25, 0.3) is 0 Å². The second-order valence-corrected chi connectivity index (χ2v) is 9.39. The van der Waals surface area contributed by atoms with E-state index in [1.807, 2.05) is 37.3 Å². The molecule has 3 heterocycles. The average Bonchev–Trinajstić information content (AvgIpc) is 2.91. The number of rotatable bonds is 9. The lowest BCUT2D eigenvalue weighted by Crippen LogP contribution is -2.36. The first-order valence-electron chi connectivity index (χ1n) is 13.0. The maximum absolute atomic E-state index is 5.95. The first-order valence-corrected chi connectivity index (χ1v) is 13.0. The van der Waals surface area contributed by atoms with E-state index in [4.69, 9.17) is 9.47 Å². The summed E-state index contributed by atoms with van der Waals surface area (Å²) in [5.41, 5.74) is 4.00. The summed E-state index contributed by atoms with van der Waals surface area (Å²) in [6, 6.07) is 18.4. The van der Waals surface area contributed by atoms with Gasteiger partial charge in [0, 0.05) is 48.5 Å². The van der Waals surface area contributed by atoms with Crippen LogP contribution in [0.3, 0.4) is 0 Å². The monoisotopic (exact) mass is 488 g/mol. The zero-order valence-corrected chi connectivity index (χ0v) is 21.1. The van der Waals surface area contributed by atoms with Crippen molar-refractivity contribution in [1.82, 2.24) is 14.9 Å². The Labute approximate surface area is 213 Å². The standard InChI is InChI=1S/C28H36N6O2/c1-22-21-27(30-23-7-11-26(12-8-23)36-20-15-33-13-3-2-4-14-33)32-28(29-22)31-24-5-9-25(10-6-24)34-16-18-35-19-17-34/h5-12,21H,2-4,13-20H2,1H3,(H2,29,30,31,32). The molecule has 0 bridgehead atoms. The van der Waals surface area contributed by atoms with E-state index in [0.717, 1.165) is 68.1 Å². The molecule has 2 aliphatic heterocycles. The minimum atomic E-state index is 0.564. The molecular formula is C28H36N6O2. The van der Waals surface area contributed by atoms with Crippen LogP contribution in [0.4, 0.5) is 28.8 Å². The number of aromatic nitrogens is 2. The zero-order chi connectivity index (χ0) is 24.6. The van der Waals surface area contributed by atoms with Crippen molar-refractivity contribution < 1.29 is 9.47 Å². The maximum Gasteiger partial charge on any atom is 0.229 e. The molecule has 0 aliphatic carbocycles. The molecule has 2 aliphatic rings. The third-order valence-electron chi connectivity index (χ3n) is 6.61. The molecule has 3 aromatic rings. The Morgan fingerprint density at radius 3 is 2.28 bits per heavy atom. The molecule has 0 saturated carbocycles. The summed E-state index contributed by atoms with van der Waals surface area (Å²) >= 11 is 0. The van der Waals surface area contributed by atoms with Gasteiger partial charge in [0.1, 0.15) is 18.2 Å². The smallest absolute Gasteiger partial charge is 0.229 e. The van der Waals surface area contributed by atoms with Gasteiger partial charge in [-0.05, 0) is 81.4 Å². The molecule has 2 fully saturated rings. The fourth-order valence-corrected chi connectivity index (χ4v) is 4.65. The first-order chi connectivity index (χ1) is 17.7. The number of hydrogen-bond acceptors (Lipinski definition) is 8. The van der Waals surface area contributed by atoms with Gasteiger partial charge in [0.2, 0.25) is 5.95 Å². The van der Waals surface area contributed by atoms with Crippen molar-refractivity contribution in [1.29, 1.82) is 0 Å². The molecule has 2 aromatic carbocycles. The van der Waals surface area contributed by atoms with E-state index in [2.05, 4.69) is 54.7 Å². The van der Waals surface area contributed by atoms with Crippen molar-refractivity contribution >= 4 is 28.8 Å². The summed E-state index contributed by atoms with van der Waals surface area (Å²) in [4.78, 5) is 14.0. The summed E-state index contributed by atoms with van der Waals surface area (Å²) in [5, 5.41) is 6.72. The van der Waals surface area contributed by atoms with E-state index < -0.39 is 0 Å². The van der Waals surface area contributed by atoms with Gasteiger partial charge in [-0.1, -0.05) is 6.42 Å². The van der Waals surface area contributed by atoms with Gasteiger partial charge >= 0.3 is 0 Å². The van der Waals surface area contributed by atoms with Crippen molar-refractivity contribution in [3.8, 4) is 5.75 Å². The number of aryl methyl sites for hydroxylation is 1. The SMILES string of the molecule is Cc1cc(Nc2ccc(OCCN3CCCCC3)cc2)nc(Nc2ccc(N3CCOCC3)cc2)n1. The van der Waals surface area contributed by atoms with E-state index >= 15 is 0 Å². The molecule has 0 atom stereocenters.